The van der Waals surface area contributed by atoms with E-state index in [4.69, 9.17) is 17.0 Å². The molecule has 0 spiro atoms. The maximum atomic E-state index is 4.93. The van der Waals surface area contributed by atoms with Crippen molar-refractivity contribution in [3.63, 3.8) is 0 Å². The average Bonchev–Trinajstić information content (AvgIpc) is 4.04. The average molecular weight is 1130 g/mol. The van der Waals surface area contributed by atoms with Crippen LogP contribution in [0.15, 0.2) is 206 Å². The molecule has 10 aromatic rings. The van der Waals surface area contributed by atoms with E-state index in [1.165, 1.54) is 111 Å². The van der Waals surface area contributed by atoms with Gasteiger partial charge in [0.2, 0.25) is 0 Å². The van der Waals surface area contributed by atoms with Gasteiger partial charge in [0.05, 0.1) is 0 Å². The van der Waals surface area contributed by atoms with Gasteiger partial charge in [-0.05, 0) is 88.4 Å². The minimum absolute atomic E-state index is 0.0675. The monoisotopic (exact) mass is 1130 g/mol. The zero-order valence-corrected chi connectivity index (χ0v) is 52.4. The predicted octanol–water partition coefficient (Wildman–Crippen LogP) is 22.5. The Morgan fingerprint density at radius 1 is 0.329 bits per heavy atom. The van der Waals surface area contributed by atoms with Crippen molar-refractivity contribution in [2.75, 3.05) is 0 Å². The summed E-state index contributed by atoms with van der Waals surface area (Å²) < 4.78 is 0. The zero-order valence-electron chi connectivity index (χ0n) is 47.4. The number of benzene rings is 8. The van der Waals surface area contributed by atoms with Crippen molar-refractivity contribution in [3.8, 4) is 66.8 Å². The van der Waals surface area contributed by atoms with Crippen molar-refractivity contribution in [2.24, 2.45) is 0 Å². The van der Waals surface area contributed by atoms with Gasteiger partial charge >= 0.3 is 37.9 Å². The fraction of sp³-hybridized carbons (Fsp3) is 0.250. The molecule has 0 fully saturated rings. The Morgan fingerprint density at radius 2 is 0.579 bits per heavy atom. The first-order valence-electron chi connectivity index (χ1n) is 26.6. The van der Waals surface area contributed by atoms with Crippen molar-refractivity contribution in [1.29, 1.82) is 0 Å². The van der Waals surface area contributed by atoms with E-state index >= 15 is 0 Å². The summed E-state index contributed by atoms with van der Waals surface area (Å²) in [6.07, 6.45) is 0. The molecular formula is C72H76Cl2SiZr. The van der Waals surface area contributed by atoms with Crippen molar-refractivity contribution in [2.45, 2.75) is 118 Å². The summed E-state index contributed by atoms with van der Waals surface area (Å²) in [6.45, 7) is 32.1. The molecule has 0 unspecified atom stereocenters. The van der Waals surface area contributed by atoms with E-state index in [0.717, 1.165) is 9.52 Å². The molecule has 0 aromatic heterocycles. The third-order valence-corrected chi connectivity index (χ3v) is 14.1. The first-order chi connectivity index (χ1) is 36.0. The molecule has 0 bridgehead atoms. The fourth-order valence-electron chi connectivity index (χ4n) is 9.77. The van der Waals surface area contributed by atoms with E-state index in [1.54, 1.807) is 0 Å². The van der Waals surface area contributed by atoms with Gasteiger partial charge in [-0.25, -0.2) is 0 Å². The molecule has 386 valence electrons. The standard InChI is InChI=1S/2C35H35.C2H6Si.2ClH.Zr/c2*1-34(2,3)29-20-28(21-30(23-29)35(4,5)6)33-31(25-15-11-8-12-16-25)18-17-26-19-27(22-32(26)33)24-13-9-7-10-14-24;1-3-2;;;/h2*7-23H,1-6H3;1-2H3;2*1H;/q2*-1;;;;+4/p-2. The van der Waals surface area contributed by atoms with Crippen LogP contribution in [0, 0.1) is 0 Å². The Hall–Kier alpha value is -5.34. The van der Waals surface area contributed by atoms with E-state index in [9.17, 15) is 0 Å². The number of hydrogen-bond donors (Lipinski definition) is 0. The number of halogens is 2. The van der Waals surface area contributed by atoms with Gasteiger partial charge in [0, 0.05) is 9.52 Å². The molecule has 10 aromatic carbocycles. The van der Waals surface area contributed by atoms with Crippen LogP contribution in [0.25, 0.3) is 88.3 Å². The molecule has 0 aliphatic rings. The summed E-state index contributed by atoms with van der Waals surface area (Å²) in [7, 11) is 11.0. The van der Waals surface area contributed by atoms with Crippen LogP contribution in [0.1, 0.15) is 105 Å². The van der Waals surface area contributed by atoms with Gasteiger partial charge in [0.25, 0.3) is 0 Å². The van der Waals surface area contributed by atoms with Crippen molar-refractivity contribution >= 4 is 48.1 Å². The Bertz CT molecular complexity index is 3170. The van der Waals surface area contributed by atoms with Gasteiger partial charge in [-0.3, -0.25) is 0 Å². The maximum absolute atomic E-state index is 4.93. The van der Waals surface area contributed by atoms with E-state index in [0.29, 0.717) is 0 Å². The third-order valence-electron chi connectivity index (χ3n) is 14.1. The van der Waals surface area contributed by atoms with Gasteiger partial charge in [-0.15, -0.1) is 69.1 Å². The van der Waals surface area contributed by atoms with E-state index in [-0.39, 0.29) is 21.7 Å². The molecule has 2 radical (unpaired) electrons. The van der Waals surface area contributed by atoms with Crippen LogP contribution in [0.4, 0.5) is 0 Å². The van der Waals surface area contributed by atoms with Gasteiger partial charge in [0.1, 0.15) is 0 Å². The molecule has 0 aliphatic heterocycles. The van der Waals surface area contributed by atoms with Gasteiger partial charge < -0.3 is 0 Å². The number of hydrogen-bond acceptors (Lipinski definition) is 0. The second-order valence-electron chi connectivity index (χ2n) is 24.1. The van der Waals surface area contributed by atoms with Crippen LogP contribution in [0.3, 0.4) is 0 Å². The van der Waals surface area contributed by atoms with Crippen LogP contribution in [-0.2, 0) is 42.5 Å². The van der Waals surface area contributed by atoms with Gasteiger partial charge in [0.15, 0.2) is 0 Å². The van der Waals surface area contributed by atoms with Gasteiger partial charge in [-0.1, -0.05) is 277 Å². The molecule has 0 N–H and O–H groups in total. The van der Waals surface area contributed by atoms with E-state index in [1.807, 2.05) is 0 Å². The minimum atomic E-state index is -0.826. The Balaban J connectivity index is 0.000000201. The molecule has 0 saturated heterocycles. The molecule has 0 atom stereocenters. The molecule has 76 heavy (non-hydrogen) atoms. The summed E-state index contributed by atoms with van der Waals surface area (Å²) in [5.74, 6) is 0. The van der Waals surface area contributed by atoms with Crippen molar-refractivity contribution in [1.82, 2.24) is 0 Å². The van der Waals surface area contributed by atoms with Crippen molar-refractivity contribution < 1.29 is 20.8 Å². The summed E-state index contributed by atoms with van der Waals surface area (Å²) in [6, 6.07) is 76.2. The van der Waals surface area contributed by atoms with Crippen LogP contribution in [-0.4, -0.2) is 9.52 Å². The molecule has 0 heterocycles. The second kappa shape index (κ2) is 25.0. The summed E-state index contributed by atoms with van der Waals surface area (Å²) in [4.78, 5) is 0. The van der Waals surface area contributed by atoms with Crippen LogP contribution in [0.5, 0.6) is 0 Å². The Labute approximate surface area is 478 Å². The third kappa shape index (κ3) is 14.2. The van der Waals surface area contributed by atoms with Crippen LogP contribution >= 0.6 is 17.0 Å². The first-order valence-corrected chi connectivity index (χ1v) is 34.9. The fourth-order valence-corrected chi connectivity index (χ4v) is 9.77. The molecule has 0 nitrogen and oxygen atoms in total. The van der Waals surface area contributed by atoms with E-state index in [2.05, 4.69) is 302 Å². The van der Waals surface area contributed by atoms with E-state index < -0.39 is 20.8 Å². The molecule has 0 saturated carbocycles. The number of fused-ring (bicyclic) bond motifs is 2. The predicted molar refractivity (Wildman–Crippen MR) is 336 cm³/mol. The summed E-state index contributed by atoms with van der Waals surface area (Å²) >= 11 is -0.826. The Morgan fingerprint density at radius 3 is 0.829 bits per heavy atom. The Kier molecular flexibility index (Phi) is 19.2. The summed E-state index contributed by atoms with van der Waals surface area (Å²) in [5.41, 5.74) is 21.2. The van der Waals surface area contributed by atoms with Crippen LogP contribution < -0.4 is 0 Å². The first kappa shape index (κ1) is 58.3. The second-order valence-corrected chi connectivity index (χ2v) is 28.8. The molecular weight excluding hydrogens is 1060 g/mol. The molecule has 0 aliphatic carbocycles. The normalized spacial score (nSPS) is 11.7. The van der Waals surface area contributed by atoms with Gasteiger partial charge in [-0.2, -0.15) is 0 Å². The topological polar surface area (TPSA) is 0 Å². The summed E-state index contributed by atoms with van der Waals surface area (Å²) in [5, 5.41) is 5.21. The van der Waals surface area contributed by atoms with Crippen LogP contribution in [0.2, 0.25) is 13.1 Å². The molecule has 4 heteroatoms. The molecule has 10 rings (SSSR count). The zero-order chi connectivity index (χ0) is 55.0. The quantitative estimate of drug-likeness (QED) is 0.115. The number of rotatable bonds is 6. The molecule has 0 amide bonds. The SMILES string of the molecule is CC(C)(C)c1cc(-c2c(-c3ccccc3)ccc3[cH-]c(-c4ccccc4)cc23)cc(C(C)(C)C)c1.CC(C)(C)c1cc(-c2c(-c3ccccc3)ccc3[cH-]c(-c4ccccc4)cc23)cc(C(C)(C)C)c1.C[Si]C.[Cl][Zr+2][Cl]. The van der Waals surface area contributed by atoms with Crippen molar-refractivity contribution in [3.05, 3.63) is 229 Å².